The van der Waals surface area contributed by atoms with Crippen LogP contribution >= 0.6 is 0 Å². The number of ether oxygens (including phenoxy) is 2. The number of carbonyl (C=O) groups excluding carboxylic acids is 3. The van der Waals surface area contributed by atoms with Crippen molar-refractivity contribution in [3.05, 3.63) is 58.2 Å². The van der Waals surface area contributed by atoms with Crippen molar-refractivity contribution in [1.82, 2.24) is 5.32 Å². The van der Waals surface area contributed by atoms with Crippen molar-refractivity contribution in [3.63, 3.8) is 0 Å². The Morgan fingerprint density at radius 2 is 2.03 bits per heavy atom. The van der Waals surface area contributed by atoms with Crippen LogP contribution in [0.25, 0.3) is 0 Å². The zero-order valence-electron chi connectivity index (χ0n) is 16.9. The van der Waals surface area contributed by atoms with Gasteiger partial charge in [0.25, 0.3) is 0 Å². The van der Waals surface area contributed by atoms with E-state index in [2.05, 4.69) is 5.32 Å². The second kappa shape index (κ2) is 8.19. The number of rotatable bonds is 4. The molecule has 3 atom stereocenters. The Morgan fingerprint density at radius 3 is 2.66 bits per heavy atom. The van der Waals surface area contributed by atoms with Gasteiger partial charge < -0.3 is 14.8 Å². The number of nitrogens with one attached hydrogen (secondary N) is 1. The van der Waals surface area contributed by atoms with Gasteiger partial charge in [-0.25, -0.2) is 9.18 Å². The topological polar surface area (TPSA) is 81.7 Å². The molecule has 29 heavy (non-hydrogen) atoms. The molecule has 1 aliphatic carbocycles. The van der Waals surface area contributed by atoms with Crippen molar-refractivity contribution in [1.29, 1.82) is 0 Å². The quantitative estimate of drug-likeness (QED) is 0.617. The van der Waals surface area contributed by atoms with Crippen LogP contribution in [0, 0.1) is 17.7 Å². The molecule has 7 heteroatoms. The fraction of sp³-hybridized carbons (Fsp3) is 0.409. The molecule has 2 aliphatic rings. The molecule has 0 aromatic heterocycles. The summed E-state index contributed by atoms with van der Waals surface area (Å²) in [6.45, 7) is 5.38. The molecule has 1 N–H and O–H groups in total. The van der Waals surface area contributed by atoms with Crippen molar-refractivity contribution in [3.8, 4) is 0 Å². The smallest absolute Gasteiger partial charge is 0.336 e. The largest absolute Gasteiger partial charge is 0.468 e. The first-order valence-corrected chi connectivity index (χ1v) is 9.55. The van der Waals surface area contributed by atoms with E-state index in [1.807, 2.05) is 6.92 Å². The third-order valence-corrected chi connectivity index (χ3v) is 5.42. The SMILES string of the molecule is CCOC(=O)C1=C(C)NC2=C(C(=O)[C@H](C(=O)OC)[C@H](C)C2)[C@@H]1c1cccc(F)c1. The van der Waals surface area contributed by atoms with Gasteiger partial charge in [-0.05, 0) is 43.9 Å². The number of ketones is 1. The van der Waals surface area contributed by atoms with E-state index in [-0.39, 0.29) is 23.7 Å². The Morgan fingerprint density at radius 1 is 1.31 bits per heavy atom. The summed E-state index contributed by atoms with van der Waals surface area (Å²) >= 11 is 0. The van der Waals surface area contributed by atoms with E-state index in [9.17, 15) is 18.8 Å². The molecule has 0 amide bonds. The molecule has 0 radical (unpaired) electrons. The van der Waals surface area contributed by atoms with E-state index < -0.39 is 35.4 Å². The number of halogens is 1. The van der Waals surface area contributed by atoms with Gasteiger partial charge in [0.15, 0.2) is 5.78 Å². The molecule has 3 rings (SSSR count). The zero-order chi connectivity index (χ0) is 21.3. The van der Waals surface area contributed by atoms with Crippen molar-refractivity contribution in [2.75, 3.05) is 13.7 Å². The van der Waals surface area contributed by atoms with Gasteiger partial charge in [-0.15, -0.1) is 0 Å². The third-order valence-electron chi connectivity index (χ3n) is 5.42. The van der Waals surface area contributed by atoms with Gasteiger partial charge in [-0.3, -0.25) is 9.59 Å². The first kappa shape index (κ1) is 20.8. The van der Waals surface area contributed by atoms with Gasteiger partial charge in [0.05, 0.1) is 19.3 Å². The van der Waals surface area contributed by atoms with Crippen molar-refractivity contribution in [2.45, 2.75) is 33.1 Å². The number of hydrogen-bond donors (Lipinski definition) is 1. The summed E-state index contributed by atoms with van der Waals surface area (Å²) in [5.41, 5.74) is 2.17. The normalized spacial score (nSPS) is 24.0. The summed E-state index contributed by atoms with van der Waals surface area (Å²) in [5, 5.41) is 3.15. The number of allylic oxidation sites excluding steroid dienone is 3. The summed E-state index contributed by atoms with van der Waals surface area (Å²) in [5.74, 6) is -4.17. The van der Waals surface area contributed by atoms with E-state index in [4.69, 9.17) is 9.47 Å². The molecule has 0 bridgehead atoms. The Labute approximate surface area is 168 Å². The molecule has 0 unspecified atom stereocenters. The zero-order valence-corrected chi connectivity index (χ0v) is 16.9. The second-order valence-corrected chi connectivity index (χ2v) is 7.31. The van der Waals surface area contributed by atoms with Crippen molar-refractivity contribution < 1.29 is 28.2 Å². The minimum Gasteiger partial charge on any atom is -0.468 e. The van der Waals surface area contributed by atoms with Crippen LogP contribution in [-0.4, -0.2) is 31.4 Å². The Kier molecular flexibility index (Phi) is 5.86. The lowest BCUT2D eigenvalue weighted by Gasteiger charge is -2.38. The van der Waals surface area contributed by atoms with E-state index in [0.717, 1.165) is 0 Å². The minimum atomic E-state index is -0.974. The molecule has 1 heterocycles. The van der Waals surface area contributed by atoms with Gasteiger partial charge in [-0.1, -0.05) is 19.1 Å². The Hall–Kier alpha value is -2.96. The molecular weight excluding hydrogens is 377 g/mol. The monoisotopic (exact) mass is 401 g/mol. The molecular formula is C22H24FNO5. The molecule has 0 saturated carbocycles. The fourth-order valence-electron chi connectivity index (χ4n) is 4.18. The first-order chi connectivity index (χ1) is 13.8. The highest BCUT2D eigenvalue weighted by molar-refractivity contribution is 6.12. The highest BCUT2D eigenvalue weighted by Gasteiger charge is 2.47. The number of esters is 2. The summed E-state index contributed by atoms with van der Waals surface area (Å²) in [4.78, 5) is 38.5. The van der Waals surface area contributed by atoms with E-state index in [1.165, 1.54) is 25.3 Å². The fourth-order valence-corrected chi connectivity index (χ4v) is 4.18. The molecule has 0 fully saturated rings. The van der Waals surface area contributed by atoms with Crippen LogP contribution in [0.5, 0.6) is 0 Å². The maximum absolute atomic E-state index is 14.0. The molecule has 0 spiro atoms. The van der Waals surface area contributed by atoms with Gasteiger partial charge in [-0.2, -0.15) is 0 Å². The Bertz CT molecular complexity index is 933. The molecule has 154 valence electrons. The number of benzene rings is 1. The standard InChI is InChI=1S/C22H24FNO5/c1-5-29-22(27)17-12(3)24-15-9-11(2)16(21(26)28-4)20(25)19(15)18(17)13-7-6-8-14(23)10-13/h6-8,10-11,16,18,24H,5,9H2,1-4H3/t11-,16-,18-/m1/s1. The summed E-state index contributed by atoms with van der Waals surface area (Å²) in [7, 11) is 1.24. The van der Waals surface area contributed by atoms with Crippen LogP contribution in [0.1, 0.15) is 38.7 Å². The van der Waals surface area contributed by atoms with Crippen LogP contribution in [0.15, 0.2) is 46.8 Å². The van der Waals surface area contributed by atoms with Crippen molar-refractivity contribution >= 4 is 17.7 Å². The number of methoxy groups -OCH3 is 1. The highest BCUT2D eigenvalue weighted by Crippen LogP contribution is 2.45. The maximum atomic E-state index is 14.0. The van der Waals surface area contributed by atoms with Gasteiger partial charge in [0, 0.05) is 22.9 Å². The van der Waals surface area contributed by atoms with Crippen LogP contribution in [0.3, 0.4) is 0 Å². The molecule has 1 aliphatic heterocycles. The number of Topliss-reactive ketones (excluding diaryl/α,β-unsaturated/α-hetero) is 1. The van der Waals surface area contributed by atoms with E-state index in [1.54, 1.807) is 19.9 Å². The van der Waals surface area contributed by atoms with E-state index in [0.29, 0.717) is 23.4 Å². The second-order valence-electron chi connectivity index (χ2n) is 7.31. The summed E-state index contributed by atoms with van der Waals surface area (Å²) in [6, 6.07) is 5.78. The maximum Gasteiger partial charge on any atom is 0.336 e. The lowest BCUT2D eigenvalue weighted by molar-refractivity contribution is -0.151. The van der Waals surface area contributed by atoms with Gasteiger partial charge in [0.1, 0.15) is 11.7 Å². The van der Waals surface area contributed by atoms with Crippen LogP contribution < -0.4 is 5.32 Å². The molecule has 1 aromatic rings. The van der Waals surface area contributed by atoms with Crippen LogP contribution in [-0.2, 0) is 23.9 Å². The third kappa shape index (κ3) is 3.69. The number of hydrogen-bond acceptors (Lipinski definition) is 6. The van der Waals surface area contributed by atoms with Crippen LogP contribution in [0.2, 0.25) is 0 Å². The predicted molar refractivity (Wildman–Crippen MR) is 103 cm³/mol. The predicted octanol–water partition coefficient (Wildman–Crippen LogP) is 3.00. The molecule has 0 saturated heterocycles. The lowest BCUT2D eigenvalue weighted by atomic mass is 9.69. The van der Waals surface area contributed by atoms with Gasteiger partial charge >= 0.3 is 11.9 Å². The molecule has 6 nitrogen and oxygen atoms in total. The lowest BCUT2D eigenvalue weighted by Crippen LogP contribution is -2.43. The van der Waals surface area contributed by atoms with Crippen LogP contribution in [0.4, 0.5) is 4.39 Å². The number of carbonyl (C=O) groups is 3. The molecule has 1 aromatic carbocycles. The average Bonchev–Trinajstić information content (AvgIpc) is 2.66. The van der Waals surface area contributed by atoms with Crippen molar-refractivity contribution in [2.24, 2.45) is 11.8 Å². The number of dihydropyridines is 1. The van der Waals surface area contributed by atoms with Gasteiger partial charge in [0.2, 0.25) is 0 Å². The van der Waals surface area contributed by atoms with E-state index >= 15 is 0 Å². The Balaban J connectivity index is 2.19. The minimum absolute atomic E-state index is 0.160. The first-order valence-electron chi connectivity index (χ1n) is 9.55. The summed E-state index contributed by atoms with van der Waals surface area (Å²) < 4.78 is 24.1. The summed E-state index contributed by atoms with van der Waals surface area (Å²) in [6.07, 6.45) is 0.431. The highest BCUT2D eigenvalue weighted by atomic mass is 19.1. The average molecular weight is 401 g/mol.